The molecule has 2 saturated carbocycles. The van der Waals surface area contributed by atoms with Crippen molar-refractivity contribution in [2.45, 2.75) is 48.5 Å². The van der Waals surface area contributed by atoms with Crippen LogP contribution in [-0.4, -0.2) is 56.8 Å². The summed E-state index contributed by atoms with van der Waals surface area (Å²) in [7, 11) is -1.07. The fraction of sp³-hybridized carbons (Fsp3) is 0.565. The van der Waals surface area contributed by atoms with Crippen molar-refractivity contribution in [2.75, 3.05) is 41.8 Å². The van der Waals surface area contributed by atoms with Crippen LogP contribution >= 0.6 is 11.6 Å². The maximum atomic E-state index is 12.6. The van der Waals surface area contributed by atoms with Crippen LogP contribution in [-0.2, 0) is 10.8 Å². The molecule has 2 aliphatic carbocycles. The van der Waals surface area contributed by atoms with Gasteiger partial charge in [0.25, 0.3) is 0 Å². The molecule has 31 heavy (non-hydrogen) atoms. The quantitative estimate of drug-likeness (QED) is 0.757. The van der Waals surface area contributed by atoms with E-state index in [0.717, 1.165) is 54.0 Å². The van der Waals surface area contributed by atoms with Crippen LogP contribution < -0.4 is 9.80 Å². The molecule has 0 radical (unpaired) electrons. The van der Waals surface area contributed by atoms with Gasteiger partial charge in [-0.2, -0.15) is 4.98 Å². The van der Waals surface area contributed by atoms with E-state index in [1.165, 1.54) is 18.4 Å². The molecule has 8 heteroatoms. The summed E-state index contributed by atoms with van der Waals surface area (Å²) in [6, 6.07) is 8.25. The third-order valence-electron chi connectivity index (χ3n) is 7.91. The third kappa shape index (κ3) is 3.11. The van der Waals surface area contributed by atoms with Gasteiger partial charge in [0, 0.05) is 35.8 Å². The summed E-state index contributed by atoms with van der Waals surface area (Å²) in [5.41, 5.74) is 1.51. The topological polar surface area (TPSA) is 69.6 Å². The van der Waals surface area contributed by atoms with Crippen molar-refractivity contribution in [3.8, 4) is 0 Å². The highest BCUT2D eigenvalue weighted by atomic mass is 35.5. The number of fused-ring (bicyclic) bond motifs is 1. The Hall–Kier alpha value is -1.70. The zero-order valence-electron chi connectivity index (χ0n) is 17.5. The Morgan fingerprint density at radius 2 is 1.94 bits per heavy atom. The van der Waals surface area contributed by atoms with E-state index in [2.05, 4.69) is 26.9 Å². The van der Waals surface area contributed by atoms with Crippen LogP contribution in [0, 0.1) is 5.41 Å². The second-order valence-electron chi connectivity index (χ2n) is 9.81. The molecule has 3 fully saturated rings. The van der Waals surface area contributed by atoms with Crippen molar-refractivity contribution in [3.05, 3.63) is 41.0 Å². The molecule has 1 aromatic carbocycles. The molecule has 4 aliphatic rings. The standard InChI is InChI=1S/C23H27ClN4O2S/c24-18-4-2-16(3-5-18)17-10-22(11-17)13-27(14-22)21-25-12-19-20(26-21)28(8-9-31(19)30)23(15-29)6-1-7-23/h2-5,12,17,29H,1,6-11,13-15H2/t31-/m0/s1. The molecule has 1 spiro atoms. The molecular weight excluding hydrogens is 432 g/mol. The van der Waals surface area contributed by atoms with Crippen molar-refractivity contribution in [3.63, 3.8) is 0 Å². The zero-order valence-corrected chi connectivity index (χ0v) is 19.0. The van der Waals surface area contributed by atoms with E-state index in [-0.39, 0.29) is 12.1 Å². The monoisotopic (exact) mass is 458 g/mol. The summed E-state index contributed by atoms with van der Waals surface area (Å²) in [6.45, 7) is 2.76. The van der Waals surface area contributed by atoms with Crippen LogP contribution in [0.25, 0.3) is 0 Å². The summed E-state index contributed by atoms with van der Waals surface area (Å²) in [5.74, 6) is 2.70. The van der Waals surface area contributed by atoms with Gasteiger partial charge < -0.3 is 14.9 Å². The van der Waals surface area contributed by atoms with Crippen LogP contribution in [0.2, 0.25) is 5.02 Å². The first kappa shape index (κ1) is 19.9. The Kier molecular flexibility index (Phi) is 4.60. The van der Waals surface area contributed by atoms with Crippen LogP contribution in [0.5, 0.6) is 0 Å². The van der Waals surface area contributed by atoms with Gasteiger partial charge in [0.05, 0.1) is 34.0 Å². The predicted octanol–water partition coefficient (Wildman–Crippen LogP) is 3.36. The smallest absolute Gasteiger partial charge is 0.227 e. The van der Waals surface area contributed by atoms with E-state index in [1.54, 1.807) is 6.20 Å². The van der Waals surface area contributed by atoms with Crippen molar-refractivity contribution in [1.29, 1.82) is 0 Å². The first-order valence-corrected chi connectivity index (χ1v) is 12.9. The number of hydrogen-bond acceptors (Lipinski definition) is 6. The molecule has 2 aliphatic heterocycles. The minimum Gasteiger partial charge on any atom is -0.394 e. The lowest BCUT2D eigenvalue weighted by atomic mass is 9.56. The summed E-state index contributed by atoms with van der Waals surface area (Å²) in [6.07, 6.45) is 7.20. The van der Waals surface area contributed by atoms with Gasteiger partial charge in [-0.25, -0.2) is 4.98 Å². The van der Waals surface area contributed by atoms with Crippen LogP contribution in [0.3, 0.4) is 0 Å². The summed E-state index contributed by atoms with van der Waals surface area (Å²) < 4.78 is 12.6. The van der Waals surface area contributed by atoms with Gasteiger partial charge in [-0.05, 0) is 55.7 Å². The molecule has 164 valence electrons. The number of benzene rings is 1. The number of nitrogens with zero attached hydrogens (tertiary/aromatic N) is 4. The summed E-state index contributed by atoms with van der Waals surface area (Å²) >= 11 is 6.02. The fourth-order valence-corrected chi connectivity index (χ4v) is 7.15. The van der Waals surface area contributed by atoms with E-state index in [4.69, 9.17) is 16.6 Å². The lowest BCUT2D eigenvalue weighted by molar-refractivity contribution is 0.0619. The van der Waals surface area contributed by atoms with Crippen LogP contribution in [0.1, 0.15) is 43.6 Å². The summed E-state index contributed by atoms with van der Waals surface area (Å²) in [4.78, 5) is 14.7. The molecule has 0 bridgehead atoms. The second kappa shape index (κ2) is 7.15. The molecule has 1 saturated heterocycles. The number of rotatable bonds is 4. The third-order valence-corrected chi connectivity index (χ3v) is 9.50. The Balaban J connectivity index is 1.18. The van der Waals surface area contributed by atoms with Crippen molar-refractivity contribution in [1.82, 2.24) is 9.97 Å². The SMILES string of the molecule is O=[S@]1CCN(C2(CO)CCC2)c2nc(N3CC4(CC(c5ccc(Cl)cc5)C4)C3)ncc21. The minimum atomic E-state index is -1.07. The van der Waals surface area contributed by atoms with Gasteiger partial charge in [-0.1, -0.05) is 23.7 Å². The zero-order chi connectivity index (χ0) is 21.2. The van der Waals surface area contributed by atoms with Gasteiger partial charge in [-0.3, -0.25) is 4.21 Å². The average molecular weight is 459 g/mol. The average Bonchev–Trinajstić information content (AvgIpc) is 2.68. The Labute approximate surface area is 190 Å². The molecule has 6 nitrogen and oxygen atoms in total. The second-order valence-corrected chi connectivity index (χ2v) is 11.8. The van der Waals surface area contributed by atoms with E-state index >= 15 is 0 Å². The predicted molar refractivity (Wildman–Crippen MR) is 122 cm³/mol. The number of aliphatic hydroxyl groups is 1. The fourth-order valence-electron chi connectivity index (χ4n) is 5.93. The van der Waals surface area contributed by atoms with Gasteiger partial charge >= 0.3 is 0 Å². The largest absolute Gasteiger partial charge is 0.394 e. The maximum Gasteiger partial charge on any atom is 0.227 e. The Bertz CT molecular complexity index is 1020. The first-order valence-electron chi connectivity index (χ1n) is 11.2. The number of aliphatic hydroxyl groups excluding tert-OH is 1. The van der Waals surface area contributed by atoms with E-state index < -0.39 is 10.8 Å². The van der Waals surface area contributed by atoms with Gasteiger partial charge in [0.15, 0.2) is 5.82 Å². The number of halogens is 1. The van der Waals surface area contributed by atoms with Crippen LogP contribution in [0.15, 0.2) is 35.4 Å². The molecule has 1 atom stereocenters. The summed E-state index contributed by atoms with van der Waals surface area (Å²) in [5, 5.41) is 10.9. The Morgan fingerprint density at radius 3 is 2.58 bits per heavy atom. The van der Waals surface area contributed by atoms with Crippen molar-refractivity contribution >= 4 is 34.2 Å². The van der Waals surface area contributed by atoms with Gasteiger partial charge in [0.1, 0.15) is 0 Å². The molecule has 2 aromatic rings. The van der Waals surface area contributed by atoms with E-state index in [0.29, 0.717) is 23.6 Å². The van der Waals surface area contributed by atoms with E-state index in [9.17, 15) is 9.32 Å². The Morgan fingerprint density at radius 1 is 1.19 bits per heavy atom. The molecule has 3 heterocycles. The number of aromatic nitrogens is 2. The van der Waals surface area contributed by atoms with Gasteiger partial charge in [0.2, 0.25) is 5.95 Å². The highest BCUT2D eigenvalue weighted by molar-refractivity contribution is 7.85. The first-order chi connectivity index (χ1) is 15.0. The molecular formula is C23H27ClN4O2S. The lowest BCUT2D eigenvalue weighted by Crippen LogP contribution is -2.62. The normalized spacial score (nSPS) is 26.1. The highest BCUT2D eigenvalue weighted by Crippen LogP contribution is 2.56. The highest BCUT2D eigenvalue weighted by Gasteiger charge is 2.53. The molecule has 6 rings (SSSR count). The molecule has 1 N–H and O–H groups in total. The lowest BCUT2D eigenvalue weighted by Gasteiger charge is -2.59. The number of anilines is 2. The minimum absolute atomic E-state index is 0.122. The van der Waals surface area contributed by atoms with Crippen molar-refractivity contribution < 1.29 is 9.32 Å². The molecule has 1 aromatic heterocycles. The maximum absolute atomic E-state index is 12.6. The van der Waals surface area contributed by atoms with Crippen molar-refractivity contribution in [2.24, 2.45) is 5.41 Å². The van der Waals surface area contributed by atoms with E-state index in [1.807, 2.05) is 12.1 Å². The van der Waals surface area contributed by atoms with Crippen LogP contribution in [0.4, 0.5) is 11.8 Å². The number of hydrogen-bond donors (Lipinski definition) is 1. The molecule has 0 unspecified atom stereocenters. The van der Waals surface area contributed by atoms with Gasteiger partial charge in [-0.15, -0.1) is 0 Å². The molecule has 0 amide bonds.